The second-order valence-corrected chi connectivity index (χ2v) is 27.9. The zero-order chi connectivity index (χ0) is 65.9. The summed E-state index contributed by atoms with van der Waals surface area (Å²) in [5.74, 6) is -0.678. The maximum Gasteiger partial charge on any atom is 2.00 e. The van der Waals surface area contributed by atoms with Gasteiger partial charge in [-0.05, 0) is 125 Å². The molecular formula is C88H148N2NiO2. The molecule has 0 aromatic heterocycles. The summed E-state index contributed by atoms with van der Waals surface area (Å²) in [5.41, 5.74) is 7.68. The Hall–Kier alpha value is -3.43. The molecule has 0 bridgehead atoms. The summed E-state index contributed by atoms with van der Waals surface area (Å²) in [6.07, 6.45) is 91.7. The number of aliphatic imine (C=N–C) groups is 2. The van der Waals surface area contributed by atoms with E-state index < -0.39 is 0 Å². The van der Waals surface area contributed by atoms with Crippen LogP contribution >= 0.6 is 0 Å². The molecule has 0 heterocycles. The SMILES string of the molecule is CCCCCCCCCCCCCCCCCCCCCCCC/C=C/CCCc1ccccc1/N=C(\C=N\c1ccccc1CCC/C=C/CCCCCCCCCCCCCCCCCCCCCCCC)CCCC.CCCCc1cc([O-])c([O-])c(CC)c1.[Ni+2]. The fourth-order valence-corrected chi connectivity index (χ4v) is 13.0. The van der Waals surface area contributed by atoms with Crippen molar-refractivity contribution in [3.63, 3.8) is 0 Å². The molecule has 0 saturated heterocycles. The largest absolute Gasteiger partial charge is 2.00 e. The van der Waals surface area contributed by atoms with Crippen LogP contribution in [0.5, 0.6) is 11.5 Å². The molecule has 0 aliphatic rings. The van der Waals surface area contributed by atoms with E-state index in [1.165, 1.54) is 325 Å². The van der Waals surface area contributed by atoms with E-state index in [2.05, 4.69) is 107 Å². The molecule has 0 fully saturated rings. The minimum atomic E-state index is -0.351. The van der Waals surface area contributed by atoms with Gasteiger partial charge in [-0.25, -0.2) is 0 Å². The van der Waals surface area contributed by atoms with Crippen LogP contribution < -0.4 is 10.2 Å². The van der Waals surface area contributed by atoms with E-state index in [4.69, 9.17) is 9.98 Å². The number of nitrogens with zero attached hydrogens (tertiary/aromatic N) is 2. The van der Waals surface area contributed by atoms with Crippen LogP contribution in [0, 0.1) is 0 Å². The molecule has 4 nitrogen and oxygen atoms in total. The molecule has 3 rings (SSSR count). The molecule has 3 aromatic rings. The fraction of sp³-hybridized carbons (Fsp3) is 0.727. The van der Waals surface area contributed by atoms with Crippen molar-refractivity contribution in [2.75, 3.05) is 0 Å². The van der Waals surface area contributed by atoms with Crippen LogP contribution in [0.1, 0.15) is 410 Å². The maximum atomic E-state index is 11.3. The molecule has 0 amide bonds. The molecule has 0 atom stereocenters. The molecule has 0 unspecified atom stereocenters. The minimum Gasteiger partial charge on any atom is -0.873 e. The quantitative estimate of drug-likeness (QED) is 0.0245. The Bertz CT molecular complexity index is 2190. The van der Waals surface area contributed by atoms with Crippen molar-refractivity contribution in [3.05, 3.63) is 107 Å². The Morgan fingerprint density at radius 2 is 0.634 bits per heavy atom. The number of para-hydroxylation sites is 2. The molecule has 3 aromatic carbocycles. The maximum absolute atomic E-state index is 11.3. The summed E-state index contributed by atoms with van der Waals surface area (Å²) >= 11 is 0. The van der Waals surface area contributed by atoms with E-state index in [0.717, 1.165) is 86.9 Å². The number of unbranched alkanes of at least 4 members (excludes halogenated alkanes) is 48. The van der Waals surface area contributed by atoms with Crippen LogP contribution in [0.3, 0.4) is 0 Å². The number of hydrogen-bond acceptors (Lipinski definition) is 4. The molecule has 0 N–H and O–H groups in total. The normalized spacial score (nSPS) is 11.8. The predicted octanol–water partition coefficient (Wildman–Crippen LogP) is 28.8. The summed E-state index contributed by atoms with van der Waals surface area (Å²) in [6, 6.07) is 20.9. The van der Waals surface area contributed by atoms with Crippen LogP contribution in [0.15, 0.2) is 95.0 Å². The molecule has 0 radical (unpaired) electrons. The van der Waals surface area contributed by atoms with E-state index in [-0.39, 0.29) is 28.0 Å². The Kier molecular flexibility index (Phi) is 64.5. The standard InChI is InChI=1S/C76H132N2.C12H18O2.Ni/c1-4-7-10-12-14-16-18-20-22-24-26-28-30-32-34-36-38-40-42-44-46-48-50-52-54-56-58-64-72-66-60-62-69-75(72)77-71-74(68-9-6-3)78-76-70-63-61-67-73(76)65-59-57-55-53-51-49-47-45-43-41-39-37-35-33-31-29-27-25-23-21-19-17-15-13-11-8-5-2;1-3-5-6-9-7-10(4-2)12(14)11(13)8-9;/h52-55,60-63,66-67,69-71H,4-51,56-59,64-65,68H2,1-3H3;7-8,13-14H,3-6H2,1-2H3;/q;;+2/p-2/b54-52+,55-53+,77-71+,78-74-;;. The summed E-state index contributed by atoms with van der Waals surface area (Å²) in [4.78, 5) is 10.4. The first-order chi connectivity index (χ1) is 45.5. The topological polar surface area (TPSA) is 70.8 Å². The predicted molar refractivity (Wildman–Crippen MR) is 409 cm³/mol. The van der Waals surface area contributed by atoms with Gasteiger partial charge in [0.25, 0.3) is 0 Å². The summed E-state index contributed by atoms with van der Waals surface area (Å²) in [5, 5.41) is 22.6. The van der Waals surface area contributed by atoms with Gasteiger partial charge >= 0.3 is 16.5 Å². The number of aryl methyl sites for hydroxylation is 4. The van der Waals surface area contributed by atoms with Gasteiger partial charge in [-0.3, -0.25) is 9.98 Å². The van der Waals surface area contributed by atoms with Crippen LogP contribution in [0.4, 0.5) is 11.4 Å². The van der Waals surface area contributed by atoms with Gasteiger partial charge in [0, 0.05) is 6.21 Å². The average molecular weight is 1320 g/mol. The van der Waals surface area contributed by atoms with E-state index >= 15 is 0 Å². The zero-order valence-corrected chi connectivity index (χ0v) is 62.9. The number of hydrogen-bond donors (Lipinski definition) is 0. The van der Waals surface area contributed by atoms with Crippen molar-refractivity contribution in [1.82, 2.24) is 0 Å². The molecule has 532 valence electrons. The van der Waals surface area contributed by atoms with E-state index in [1.54, 1.807) is 0 Å². The monoisotopic (exact) mass is 1320 g/mol. The molecule has 5 heteroatoms. The van der Waals surface area contributed by atoms with Crippen molar-refractivity contribution < 1.29 is 26.7 Å². The van der Waals surface area contributed by atoms with E-state index in [9.17, 15) is 10.2 Å². The third-order valence-corrected chi connectivity index (χ3v) is 19.2. The van der Waals surface area contributed by atoms with E-state index in [0.29, 0.717) is 12.0 Å². The zero-order valence-electron chi connectivity index (χ0n) is 61.9. The number of benzene rings is 3. The fourth-order valence-electron chi connectivity index (χ4n) is 13.0. The van der Waals surface area contributed by atoms with Gasteiger partial charge in [0.2, 0.25) is 0 Å². The summed E-state index contributed by atoms with van der Waals surface area (Å²) < 4.78 is 0. The van der Waals surface area contributed by atoms with Gasteiger partial charge in [-0.1, -0.05) is 396 Å². The van der Waals surface area contributed by atoms with Crippen LogP contribution in [-0.2, 0) is 42.2 Å². The van der Waals surface area contributed by atoms with Crippen LogP contribution in [0.25, 0.3) is 0 Å². The third kappa shape index (κ3) is 53.3. The van der Waals surface area contributed by atoms with Crippen molar-refractivity contribution in [3.8, 4) is 11.5 Å². The second-order valence-electron chi connectivity index (χ2n) is 27.9. The molecule has 0 aliphatic heterocycles. The summed E-state index contributed by atoms with van der Waals surface area (Å²) in [7, 11) is 0. The van der Waals surface area contributed by atoms with E-state index in [1.807, 2.05) is 13.0 Å². The van der Waals surface area contributed by atoms with Crippen LogP contribution in [-0.4, -0.2) is 11.9 Å². The van der Waals surface area contributed by atoms with Crippen molar-refractivity contribution >= 4 is 23.3 Å². The Morgan fingerprint density at radius 3 is 0.989 bits per heavy atom. The first-order valence-electron chi connectivity index (χ1n) is 40.5. The van der Waals surface area contributed by atoms with Gasteiger partial charge in [0.05, 0.1) is 17.1 Å². The Labute approximate surface area is 588 Å². The number of rotatable bonds is 64. The molecule has 93 heavy (non-hydrogen) atoms. The van der Waals surface area contributed by atoms with Gasteiger partial charge in [-0.15, -0.1) is 11.5 Å². The first kappa shape index (κ1) is 87.6. The molecule has 0 spiro atoms. The van der Waals surface area contributed by atoms with Gasteiger partial charge in [0.1, 0.15) is 0 Å². The first-order valence-corrected chi connectivity index (χ1v) is 40.5. The van der Waals surface area contributed by atoms with Crippen LogP contribution in [0.2, 0.25) is 0 Å². The molecular weight excluding hydrogens is 1180 g/mol. The third-order valence-electron chi connectivity index (χ3n) is 19.2. The van der Waals surface area contributed by atoms with Gasteiger partial charge in [-0.2, -0.15) is 0 Å². The Balaban J connectivity index is 0.00000253. The average Bonchev–Trinajstić information content (AvgIpc) is 2.49. The minimum absolute atomic E-state index is 0. The van der Waals surface area contributed by atoms with Gasteiger partial charge < -0.3 is 10.2 Å². The van der Waals surface area contributed by atoms with Crippen molar-refractivity contribution in [1.29, 1.82) is 0 Å². The summed E-state index contributed by atoms with van der Waals surface area (Å²) in [6.45, 7) is 10.9. The van der Waals surface area contributed by atoms with Crippen molar-refractivity contribution in [2.24, 2.45) is 9.98 Å². The second kappa shape index (κ2) is 68.5. The van der Waals surface area contributed by atoms with Crippen molar-refractivity contribution in [2.45, 2.75) is 413 Å². The Morgan fingerprint density at radius 1 is 0.323 bits per heavy atom. The smallest absolute Gasteiger partial charge is 0.873 e. The van der Waals surface area contributed by atoms with Gasteiger partial charge in [0.15, 0.2) is 0 Å². The molecule has 0 aliphatic carbocycles. The number of allylic oxidation sites excluding steroid dienone is 4. The molecule has 0 saturated carbocycles.